The van der Waals surface area contributed by atoms with Crippen LogP contribution in [0.15, 0.2) is 54.7 Å². The van der Waals surface area contributed by atoms with E-state index in [1.54, 1.807) is 7.11 Å². The molecule has 4 rings (SSSR count). The second kappa shape index (κ2) is 7.84. The third-order valence-corrected chi connectivity index (χ3v) is 5.30. The third kappa shape index (κ3) is 3.69. The number of carbonyl (C=O) groups excluding carboxylic acids is 1. The van der Waals surface area contributed by atoms with Crippen LogP contribution in [0.3, 0.4) is 0 Å². The van der Waals surface area contributed by atoms with Crippen LogP contribution in [0.1, 0.15) is 23.5 Å². The van der Waals surface area contributed by atoms with E-state index in [1.807, 2.05) is 30.5 Å². The van der Waals surface area contributed by atoms with E-state index in [0.29, 0.717) is 19.8 Å². The molecule has 2 aromatic carbocycles. The average molecular weight is 364 g/mol. The highest BCUT2D eigenvalue weighted by molar-refractivity contribution is 5.84. The molecule has 0 aliphatic carbocycles. The van der Waals surface area contributed by atoms with Gasteiger partial charge in [-0.2, -0.15) is 0 Å². The topological polar surface area (TPSA) is 63.4 Å². The fourth-order valence-electron chi connectivity index (χ4n) is 3.71. The first-order valence-corrected chi connectivity index (χ1v) is 9.31. The van der Waals surface area contributed by atoms with E-state index < -0.39 is 0 Å². The van der Waals surface area contributed by atoms with Crippen LogP contribution in [0.5, 0.6) is 5.75 Å². The number of aromatic nitrogens is 1. The maximum absolute atomic E-state index is 12.5. The molecule has 5 heteroatoms. The number of amides is 1. The number of H-pyrrole nitrogens is 1. The molecule has 2 atom stereocenters. The molecule has 27 heavy (non-hydrogen) atoms. The standard InChI is InChI=1S/C22H24N2O3/c1-26-17-8-6-15(7-9-17)19(12-24-22(25)16-10-11-27-14-16)20-13-23-21-5-3-2-4-18(20)21/h2-9,13,16,19,23H,10-12,14H2,1H3,(H,24,25)/t16-,19+/m0/s1. The van der Waals surface area contributed by atoms with Gasteiger partial charge in [-0.3, -0.25) is 4.79 Å². The van der Waals surface area contributed by atoms with Crippen LogP contribution in [0, 0.1) is 5.92 Å². The first-order valence-electron chi connectivity index (χ1n) is 9.31. The van der Waals surface area contributed by atoms with Crippen LogP contribution in [-0.2, 0) is 9.53 Å². The van der Waals surface area contributed by atoms with Crippen molar-refractivity contribution in [1.29, 1.82) is 0 Å². The summed E-state index contributed by atoms with van der Waals surface area (Å²) in [5, 5.41) is 4.32. The Morgan fingerprint density at radius 3 is 2.81 bits per heavy atom. The summed E-state index contributed by atoms with van der Waals surface area (Å²) in [5.41, 5.74) is 3.42. The van der Waals surface area contributed by atoms with Crippen molar-refractivity contribution in [3.63, 3.8) is 0 Å². The molecule has 1 aromatic heterocycles. The van der Waals surface area contributed by atoms with Crippen molar-refractivity contribution in [2.45, 2.75) is 12.3 Å². The molecule has 0 radical (unpaired) electrons. The summed E-state index contributed by atoms with van der Waals surface area (Å²) >= 11 is 0. The minimum Gasteiger partial charge on any atom is -0.497 e. The van der Waals surface area contributed by atoms with Gasteiger partial charge in [-0.15, -0.1) is 0 Å². The van der Waals surface area contributed by atoms with Crippen molar-refractivity contribution in [2.75, 3.05) is 26.9 Å². The van der Waals surface area contributed by atoms with E-state index in [4.69, 9.17) is 9.47 Å². The number of rotatable bonds is 6. The molecule has 1 aliphatic heterocycles. The van der Waals surface area contributed by atoms with Crippen LogP contribution in [0.2, 0.25) is 0 Å². The lowest BCUT2D eigenvalue weighted by molar-refractivity contribution is -0.124. The fourth-order valence-corrected chi connectivity index (χ4v) is 3.71. The second-order valence-corrected chi connectivity index (χ2v) is 6.92. The lowest BCUT2D eigenvalue weighted by atomic mass is 9.90. The Morgan fingerprint density at radius 2 is 2.07 bits per heavy atom. The Hall–Kier alpha value is -2.79. The zero-order chi connectivity index (χ0) is 18.6. The van der Waals surface area contributed by atoms with Gasteiger partial charge in [0.25, 0.3) is 0 Å². The lowest BCUT2D eigenvalue weighted by Crippen LogP contribution is -2.34. The van der Waals surface area contributed by atoms with Crippen LogP contribution in [-0.4, -0.2) is 37.8 Å². The number of carbonyl (C=O) groups is 1. The fraction of sp³-hybridized carbons (Fsp3) is 0.318. The highest BCUT2D eigenvalue weighted by Crippen LogP contribution is 2.31. The second-order valence-electron chi connectivity index (χ2n) is 6.92. The molecule has 140 valence electrons. The molecule has 5 nitrogen and oxygen atoms in total. The molecule has 0 bridgehead atoms. The maximum Gasteiger partial charge on any atom is 0.225 e. The van der Waals surface area contributed by atoms with Gasteiger partial charge in [-0.1, -0.05) is 30.3 Å². The predicted octanol–water partition coefficient (Wildman–Crippen LogP) is 3.46. The van der Waals surface area contributed by atoms with Gasteiger partial charge in [0, 0.05) is 36.2 Å². The zero-order valence-corrected chi connectivity index (χ0v) is 15.4. The number of hydrogen-bond donors (Lipinski definition) is 2. The summed E-state index contributed by atoms with van der Waals surface area (Å²) in [5.74, 6) is 0.914. The Labute approximate surface area is 158 Å². The normalized spacial score (nSPS) is 17.7. The minimum atomic E-state index is -0.0375. The van der Waals surface area contributed by atoms with E-state index in [-0.39, 0.29) is 17.7 Å². The highest BCUT2D eigenvalue weighted by atomic mass is 16.5. The number of methoxy groups -OCH3 is 1. The van der Waals surface area contributed by atoms with Crippen LogP contribution >= 0.6 is 0 Å². The molecular weight excluding hydrogens is 340 g/mol. The molecule has 1 amide bonds. The highest BCUT2D eigenvalue weighted by Gasteiger charge is 2.25. The Morgan fingerprint density at radius 1 is 1.26 bits per heavy atom. The van der Waals surface area contributed by atoms with Gasteiger partial charge in [-0.25, -0.2) is 0 Å². The Bertz CT molecular complexity index is 911. The largest absolute Gasteiger partial charge is 0.497 e. The van der Waals surface area contributed by atoms with Gasteiger partial charge in [0.2, 0.25) is 5.91 Å². The van der Waals surface area contributed by atoms with Gasteiger partial charge in [0.1, 0.15) is 5.75 Å². The summed E-state index contributed by atoms with van der Waals surface area (Å²) in [6.45, 7) is 1.73. The van der Waals surface area contributed by atoms with Gasteiger partial charge in [0.15, 0.2) is 0 Å². The molecule has 0 spiro atoms. The van der Waals surface area contributed by atoms with E-state index in [1.165, 1.54) is 10.9 Å². The van der Waals surface area contributed by atoms with Gasteiger partial charge >= 0.3 is 0 Å². The van der Waals surface area contributed by atoms with Gasteiger partial charge in [-0.05, 0) is 35.7 Å². The van der Waals surface area contributed by atoms with Crippen LogP contribution in [0.4, 0.5) is 0 Å². The van der Waals surface area contributed by atoms with Gasteiger partial charge < -0.3 is 19.8 Å². The van der Waals surface area contributed by atoms with Crippen LogP contribution in [0.25, 0.3) is 10.9 Å². The van der Waals surface area contributed by atoms with E-state index in [0.717, 1.165) is 23.3 Å². The number of fused-ring (bicyclic) bond motifs is 1. The SMILES string of the molecule is COc1ccc([C@@H](CNC(=O)[C@H]2CCOC2)c2c[nH]c3ccccc23)cc1. The summed E-state index contributed by atoms with van der Waals surface area (Å²) in [6.07, 6.45) is 2.84. The molecule has 2 N–H and O–H groups in total. The monoisotopic (exact) mass is 364 g/mol. The maximum atomic E-state index is 12.5. The minimum absolute atomic E-state index is 0.0375. The molecule has 1 fully saturated rings. The molecule has 1 saturated heterocycles. The zero-order valence-electron chi connectivity index (χ0n) is 15.4. The van der Waals surface area contributed by atoms with Crippen molar-refractivity contribution >= 4 is 16.8 Å². The number of hydrogen-bond acceptors (Lipinski definition) is 3. The van der Waals surface area contributed by atoms with Crippen molar-refractivity contribution < 1.29 is 14.3 Å². The first kappa shape index (κ1) is 17.6. The van der Waals surface area contributed by atoms with Crippen molar-refractivity contribution in [3.8, 4) is 5.75 Å². The number of benzene rings is 2. The molecule has 3 aromatic rings. The summed E-state index contributed by atoms with van der Waals surface area (Å²) in [7, 11) is 1.66. The predicted molar refractivity (Wildman–Crippen MR) is 105 cm³/mol. The van der Waals surface area contributed by atoms with Gasteiger partial charge in [0.05, 0.1) is 19.6 Å². The van der Waals surface area contributed by atoms with Crippen LogP contribution < -0.4 is 10.1 Å². The van der Waals surface area contributed by atoms with E-state index in [2.05, 4.69) is 34.6 Å². The molecule has 1 aliphatic rings. The molecule has 0 unspecified atom stereocenters. The Kier molecular flexibility index (Phi) is 5.12. The molecule has 2 heterocycles. The van der Waals surface area contributed by atoms with Crippen molar-refractivity contribution in [3.05, 3.63) is 65.9 Å². The summed E-state index contributed by atoms with van der Waals surface area (Å²) in [6, 6.07) is 16.3. The Balaban J connectivity index is 1.63. The number of ether oxygens (including phenoxy) is 2. The van der Waals surface area contributed by atoms with Crippen molar-refractivity contribution in [2.24, 2.45) is 5.92 Å². The van der Waals surface area contributed by atoms with E-state index >= 15 is 0 Å². The molecule has 0 saturated carbocycles. The number of nitrogens with one attached hydrogen (secondary N) is 2. The number of aromatic amines is 1. The smallest absolute Gasteiger partial charge is 0.225 e. The summed E-state index contributed by atoms with van der Waals surface area (Å²) < 4.78 is 10.6. The number of para-hydroxylation sites is 1. The average Bonchev–Trinajstić information content (AvgIpc) is 3.39. The first-order chi connectivity index (χ1) is 13.3. The lowest BCUT2D eigenvalue weighted by Gasteiger charge is -2.19. The molecular formula is C22H24N2O3. The van der Waals surface area contributed by atoms with Crippen molar-refractivity contribution in [1.82, 2.24) is 10.3 Å². The van der Waals surface area contributed by atoms with E-state index in [9.17, 15) is 4.79 Å². The third-order valence-electron chi connectivity index (χ3n) is 5.30. The quantitative estimate of drug-likeness (QED) is 0.704. The summed E-state index contributed by atoms with van der Waals surface area (Å²) in [4.78, 5) is 15.8.